The van der Waals surface area contributed by atoms with Crippen LogP contribution in [0.1, 0.15) is 35.4 Å². The number of ether oxygens (including phenoxy) is 2. The van der Waals surface area contributed by atoms with E-state index in [1.54, 1.807) is 60.7 Å². The Morgan fingerprint density at radius 2 is 1.55 bits per heavy atom. The van der Waals surface area contributed by atoms with Gasteiger partial charge in [0.2, 0.25) is 0 Å². The maximum Gasteiger partial charge on any atom is 0.296 e. The molecule has 0 saturated carbocycles. The summed E-state index contributed by atoms with van der Waals surface area (Å²) in [5, 5.41) is 11.3. The second-order valence-electron chi connectivity index (χ2n) is 8.81. The lowest BCUT2D eigenvalue weighted by Crippen LogP contribution is -2.29. The Kier molecular flexibility index (Phi) is 7.26. The van der Waals surface area contributed by atoms with Gasteiger partial charge in [0.1, 0.15) is 29.6 Å². The number of aliphatic hydroxyl groups is 1. The van der Waals surface area contributed by atoms with Gasteiger partial charge in [-0.25, -0.2) is 0 Å². The normalized spacial score (nSPS) is 16.6. The van der Waals surface area contributed by atoms with E-state index in [0.717, 1.165) is 5.56 Å². The van der Waals surface area contributed by atoms with E-state index in [9.17, 15) is 14.7 Å². The summed E-state index contributed by atoms with van der Waals surface area (Å²) in [6, 6.07) is 26.4. The number of benzene rings is 3. The fraction of sp³-hybridized carbons (Fsp3) is 0.161. The van der Waals surface area contributed by atoms with E-state index >= 15 is 0 Å². The molecule has 7 nitrogen and oxygen atoms in total. The van der Waals surface area contributed by atoms with E-state index < -0.39 is 17.7 Å². The summed E-state index contributed by atoms with van der Waals surface area (Å²) in [5.41, 5.74) is 2.13. The Labute approximate surface area is 220 Å². The zero-order valence-corrected chi connectivity index (χ0v) is 20.9. The summed E-state index contributed by atoms with van der Waals surface area (Å²) in [6.45, 7) is 2.88. The summed E-state index contributed by atoms with van der Waals surface area (Å²) in [7, 11) is 0. The molecule has 5 rings (SSSR count). The second kappa shape index (κ2) is 11.1. The largest absolute Gasteiger partial charge is 0.507 e. The molecule has 38 heavy (non-hydrogen) atoms. The topological polar surface area (TPSA) is 89.2 Å². The predicted octanol–water partition coefficient (Wildman–Crippen LogP) is 5.88. The highest BCUT2D eigenvalue weighted by molar-refractivity contribution is 6.46. The van der Waals surface area contributed by atoms with Gasteiger partial charge in [-0.3, -0.25) is 9.59 Å². The minimum Gasteiger partial charge on any atom is -0.507 e. The molecule has 1 fully saturated rings. The molecule has 4 aromatic rings. The van der Waals surface area contributed by atoms with E-state index in [2.05, 4.69) is 0 Å². The third-order valence-electron chi connectivity index (χ3n) is 6.33. The van der Waals surface area contributed by atoms with Gasteiger partial charge in [0.15, 0.2) is 0 Å². The van der Waals surface area contributed by atoms with E-state index in [-0.39, 0.29) is 17.9 Å². The molecule has 0 aliphatic carbocycles. The molecule has 3 aromatic carbocycles. The Morgan fingerprint density at radius 3 is 2.21 bits per heavy atom. The SMILES string of the molecule is CCOc1ccc(/C(O)=C2/C(=O)C(=O)N(Cc3ccco3)C2c2ccc(OCc3ccccc3)cc2)cc1. The fourth-order valence-electron chi connectivity index (χ4n) is 4.48. The van der Waals surface area contributed by atoms with E-state index in [4.69, 9.17) is 13.9 Å². The molecule has 1 atom stereocenters. The molecular formula is C31H27NO6. The number of likely N-dealkylation sites (tertiary alicyclic amines) is 1. The van der Waals surface area contributed by atoms with Crippen LogP contribution in [0, 0.1) is 0 Å². The average molecular weight is 510 g/mol. The standard InChI is InChI=1S/C31H27NO6/c1-2-36-24-16-12-23(13-17-24)29(33)27-28(32(31(35)30(27)34)19-26-9-6-18-37-26)22-10-14-25(15-11-22)38-20-21-7-4-3-5-8-21/h3-18,28,33H,2,19-20H2,1H3/b29-27-. The third kappa shape index (κ3) is 5.18. The van der Waals surface area contributed by atoms with Gasteiger partial charge in [-0.1, -0.05) is 42.5 Å². The van der Waals surface area contributed by atoms with Crippen LogP contribution in [0.15, 0.2) is 107 Å². The van der Waals surface area contributed by atoms with Crippen molar-refractivity contribution < 1.29 is 28.6 Å². The second-order valence-corrected chi connectivity index (χ2v) is 8.81. The Bertz CT molecular complexity index is 1420. The zero-order valence-electron chi connectivity index (χ0n) is 20.9. The number of carbonyl (C=O) groups is 2. The molecule has 0 radical (unpaired) electrons. The van der Waals surface area contributed by atoms with E-state index in [1.807, 2.05) is 37.3 Å². The van der Waals surface area contributed by atoms with Gasteiger partial charge in [-0.15, -0.1) is 0 Å². The maximum absolute atomic E-state index is 13.2. The van der Waals surface area contributed by atoms with Gasteiger partial charge in [0.05, 0.1) is 31.0 Å². The minimum atomic E-state index is -0.810. The van der Waals surface area contributed by atoms with Crippen LogP contribution >= 0.6 is 0 Å². The van der Waals surface area contributed by atoms with Crippen LogP contribution in [0.5, 0.6) is 11.5 Å². The molecule has 2 heterocycles. The van der Waals surface area contributed by atoms with Crippen molar-refractivity contribution in [2.75, 3.05) is 6.61 Å². The molecule has 7 heteroatoms. The lowest BCUT2D eigenvalue weighted by molar-refractivity contribution is -0.140. The summed E-state index contributed by atoms with van der Waals surface area (Å²) in [6.07, 6.45) is 1.51. The lowest BCUT2D eigenvalue weighted by Gasteiger charge is -2.24. The Balaban J connectivity index is 1.49. The fourth-order valence-corrected chi connectivity index (χ4v) is 4.48. The zero-order chi connectivity index (χ0) is 26.5. The Morgan fingerprint density at radius 1 is 0.868 bits per heavy atom. The number of hydrogen-bond acceptors (Lipinski definition) is 6. The molecule has 1 aliphatic rings. The first-order valence-electron chi connectivity index (χ1n) is 12.4. The lowest BCUT2D eigenvalue weighted by atomic mass is 9.95. The van der Waals surface area contributed by atoms with Crippen LogP contribution in [0.2, 0.25) is 0 Å². The highest BCUT2D eigenvalue weighted by atomic mass is 16.5. The number of ketones is 1. The van der Waals surface area contributed by atoms with Crippen molar-refractivity contribution in [1.29, 1.82) is 0 Å². The van der Waals surface area contributed by atoms with Gasteiger partial charge in [0.25, 0.3) is 11.7 Å². The first-order valence-corrected chi connectivity index (χ1v) is 12.4. The van der Waals surface area contributed by atoms with E-state index in [0.29, 0.717) is 41.6 Å². The van der Waals surface area contributed by atoms with Crippen LogP contribution in [0.3, 0.4) is 0 Å². The van der Waals surface area contributed by atoms with Crippen molar-refractivity contribution in [1.82, 2.24) is 4.90 Å². The number of rotatable bonds is 9. The van der Waals surface area contributed by atoms with E-state index in [1.165, 1.54) is 11.2 Å². The minimum absolute atomic E-state index is 0.0173. The van der Waals surface area contributed by atoms with Crippen molar-refractivity contribution in [3.63, 3.8) is 0 Å². The van der Waals surface area contributed by atoms with Gasteiger partial charge in [0, 0.05) is 5.56 Å². The molecule has 0 bridgehead atoms. The maximum atomic E-state index is 13.2. The van der Waals surface area contributed by atoms with Crippen molar-refractivity contribution in [2.45, 2.75) is 26.1 Å². The predicted molar refractivity (Wildman–Crippen MR) is 141 cm³/mol. The van der Waals surface area contributed by atoms with Crippen molar-refractivity contribution in [3.05, 3.63) is 125 Å². The first kappa shape index (κ1) is 24.9. The van der Waals surface area contributed by atoms with Crippen molar-refractivity contribution in [2.24, 2.45) is 0 Å². The average Bonchev–Trinajstić information content (AvgIpc) is 3.55. The number of hydrogen-bond donors (Lipinski definition) is 1. The van der Waals surface area contributed by atoms with Gasteiger partial charge >= 0.3 is 0 Å². The monoisotopic (exact) mass is 509 g/mol. The van der Waals surface area contributed by atoms with Crippen molar-refractivity contribution in [3.8, 4) is 11.5 Å². The number of Topliss-reactive ketones (excluding diaryl/α,β-unsaturated/α-hetero) is 1. The smallest absolute Gasteiger partial charge is 0.296 e. The summed E-state index contributed by atoms with van der Waals surface area (Å²) >= 11 is 0. The third-order valence-corrected chi connectivity index (χ3v) is 6.33. The number of aliphatic hydroxyl groups excluding tert-OH is 1. The van der Waals surface area contributed by atoms with Gasteiger partial charge in [-0.05, 0) is 66.6 Å². The van der Waals surface area contributed by atoms with Crippen LogP contribution < -0.4 is 9.47 Å². The molecule has 0 spiro atoms. The van der Waals surface area contributed by atoms with Crippen LogP contribution in [0.4, 0.5) is 0 Å². The van der Waals surface area contributed by atoms with Crippen LogP contribution in [-0.4, -0.2) is 28.3 Å². The van der Waals surface area contributed by atoms with Crippen molar-refractivity contribution >= 4 is 17.4 Å². The number of nitrogens with zero attached hydrogens (tertiary/aromatic N) is 1. The van der Waals surface area contributed by atoms with Crippen LogP contribution in [0.25, 0.3) is 5.76 Å². The summed E-state index contributed by atoms with van der Waals surface area (Å²) in [5.74, 6) is 0.112. The molecule has 1 amide bonds. The molecule has 1 N–H and O–H groups in total. The quantitative estimate of drug-likeness (QED) is 0.172. The van der Waals surface area contributed by atoms with Gasteiger partial charge in [-0.2, -0.15) is 0 Å². The summed E-state index contributed by atoms with van der Waals surface area (Å²) in [4.78, 5) is 27.8. The number of furan rings is 1. The first-order chi connectivity index (χ1) is 18.5. The highest BCUT2D eigenvalue weighted by Gasteiger charge is 2.46. The molecule has 1 unspecified atom stereocenters. The molecule has 1 saturated heterocycles. The summed E-state index contributed by atoms with van der Waals surface area (Å²) < 4.78 is 16.8. The number of carbonyl (C=O) groups excluding carboxylic acids is 2. The molecular weight excluding hydrogens is 482 g/mol. The highest BCUT2D eigenvalue weighted by Crippen LogP contribution is 2.41. The molecule has 192 valence electrons. The number of amides is 1. The molecule has 1 aromatic heterocycles. The Hall–Kier alpha value is -4.78. The van der Waals surface area contributed by atoms with Gasteiger partial charge < -0.3 is 23.9 Å². The van der Waals surface area contributed by atoms with Crippen LogP contribution in [-0.2, 0) is 22.7 Å². The molecule has 1 aliphatic heterocycles.